The number of rotatable bonds is 2. The molecule has 0 saturated carbocycles. The molecule has 4 nitrogen and oxygen atoms in total. The monoisotopic (exact) mass is 313 g/mol. The van der Waals surface area contributed by atoms with E-state index in [2.05, 4.69) is 21.3 Å². The molecule has 114 valence electrons. The van der Waals surface area contributed by atoms with E-state index in [1.165, 1.54) is 23.3 Å². The molecule has 0 N–H and O–H groups in total. The van der Waals surface area contributed by atoms with Crippen molar-refractivity contribution in [2.24, 2.45) is 0 Å². The molecule has 0 radical (unpaired) electrons. The van der Waals surface area contributed by atoms with Crippen LogP contribution in [0.3, 0.4) is 0 Å². The summed E-state index contributed by atoms with van der Waals surface area (Å²) in [7, 11) is 0. The van der Waals surface area contributed by atoms with Gasteiger partial charge in [0.15, 0.2) is 0 Å². The van der Waals surface area contributed by atoms with Gasteiger partial charge in [0.1, 0.15) is 5.82 Å². The Balaban J connectivity index is 1.48. The number of nitrogens with zero attached hydrogens (tertiary/aromatic N) is 3. The predicted molar refractivity (Wildman–Crippen MR) is 88.4 cm³/mol. The Morgan fingerprint density at radius 3 is 2.77 bits per heavy atom. The molecule has 0 unspecified atom stereocenters. The third kappa shape index (κ3) is 2.50. The Morgan fingerprint density at radius 2 is 2.00 bits per heavy atom. The molecule has 0 spiro atoms. The summed E-state index contributed by atoms with van der Waals surface area (Å²) in [6.07, 6.45) is 5.18. The molecule has 0 aliphatic carbocycles. The summed E-state index contributed by atoms with van der Waals surface area (Å²) in [5.41, 5.74) is 1.99. The molecule has 4 heterocycles. The van der Waals surface area contributed by atoms with Crippen molar-refractivity contribution >= 4 is 23.1 Å². The number of anilines is 1. The largest absolute Gasteiger partial charge is 0.357 e. The summed E-state index contributed by atoms with van der Waals surface area (Å²) in [5.74, 6) is 1.09. The van der Waals surface area contributed by atoms with Crippen LogP contribution in [0.15, 0.2) is 29.8 Å². The minimum absolute atomic E-state index is 0.0947. The maximum Gasteiger partial charge on any atom is 0.255 e. The normalized spacial score (nSPS) is 17.6. The highest BCUT2D eigenvalue weighted by Crippen LogP contribution is 2.25. The molecule has 22 heavy (non-hydrogen) atoms. The highest BCUT2D eigenvalue weighted by atomic mass is 32.1. The number of carbonyl (C=O) groups is 1. The van der Waals surface area contributed by atoms with Crippen molar-refractivity contribution in [3.05, 3.63) is 45.8 Å². The predicted octanol–water partition coefficient (Wildman–Crippen LogP) is 2.94. The number of hydrogen-bond donors (Lipinski definition) is 0. The minimum Gasteiger partial charge on any atom is -0.357 e. The van der Waals surface area contributed by atoms with E-state index in [9.17, 15) is 4.79 Å². The molecule has 4 rings (SSSR count). The molecule has 2 aromatic rings. The van der Waals surface area contributed by atoms with Crippen LogP contribution in [0.1, 0.15) is 33.6 Å². The van der Waals surface area contributed by atoms with Crippen molar-refractivity contribution in [1.29, 1.82) is 0 Å². The van der Waals surface area contributed by atoms with E-state index in [4.69, 9.17) is 0 Å². The summed E-state index contributed by atoms with van der Waals surface area (Å²) >= 11 is 1.80. The quantitative estimate of drug-likeness (QED) is 0.855. The maximum atomic E-state index is 12.6. The number of fused-ring (bicyclic) bond motifs is 1. The van der Waals surface area contributed by atoms with Crippen LogP contribution >= 0.6 is 11.3 Å². The SMILES string of the molecule is O=C(c1ccc(N2CCCC2)nc1)N1CCc2sccc2C1. The first-order valence-electron chi connectivity index (χ1n) is 7.87. The average Bonchev–Trinajstić information content (AvgIpc) is 3.25. The van der Waals surface area contributed by atoms with Gasteiger partial charge < -0.3 is 9.80 Å². The molecular formula is C17H19N3OS. The van der Waals surface area contributed by atoms with Crippen LogP contribution in [-0.2, 0) is 13.0 Å². The molecular weight excluding hydrogens is 294 g/mol. The second-order valence-electron chi connectivity index (χ2n) is 5.94. The van der Waals surface area contributed by atoms with E-state index in [1.54, 1.807) is 17.5 Å². The van der Waals surface area contributed by atoms with Crippen LogP contribution < -0.4 is 4.90 Å². The van der Waals surface area contributed by atoms with Crippen LogP contribution in [0.4, 0.5) is 5.82 Å². The molecule has 0 bridgehead atoms. The van der Waals surface area contributed by atoms with Gasteiger partial charge in [-0.2, -0.15) is 0 Å². The van der Waals surface area contributed by atoms with Gasteiger partial charge in [-0.05, 0) is 48.4 Å². The zero-order valence-electron chi connectivity index (χ0n) is 12.5. The Kier molecular flexibility index (Phi) is 3.58. The van der Waals surface area contributed by atoms with Crippen molar-refractivity contribution in [2.45, 2.75) is 25.8 Å². The van der Waals surface area contributed by atoms with Gasteiger partial charge in [0.05, 0.1) is 5.56 Å². The Morgan fingerprint density at radius 1 is 1.14 bits per heavy atom. The number of carbonyl (C=O) groups excluding carboxylic acids is 1. The Bertz CT molecular complexity index is 673. The second-order valence-corrected chi connectivity index (χ2v) is 6.95. The fourth-order valence-corrected chi connectivity index (χ4v) is 4.14. The number of pyridine rings is 1. The fourth-order valence-electron chi connectivity index (χ4n) is 3.25. The van der Waals surface area contributed by atoms with Gasteiger partial charge >= 0.3 is 0 Å². The Labute approximate surface area is 134 Å². The first kappa shape index (κ1) is 13.8. The van der Waals surface area contributed by atoms with E-state index in [1.807, 2.05) is 17.0 Å². The van der Waals surface area contributed by atoms with Gasteiger partial charge in [-0.15, -0.1) is 11.3 Å². The first-order chi connectivity index (χ1) is 10.8. The topological polar surface area (TPSA) is 36.4 Å². The summed E-state index contributed by atoms with van der Waals surface area (Å²) in [6, 6.07) is 6.04. The van der Waals surface area contributed by atoms with E-state index < -0.39 is 0 Å². The molecule has 0 aromatic carbocycles. The molecule has 2 aliphatic heterocycles. The van der Waals surface area contributed by atoms with E-state index >= 15 is 0 Å². The third-order valence-corrected chi connectivity index (χ3v) is 5.54. The number of thiophene rings is 1. The van der Waals surface area contributed by atoms with Crippen molar-refractivity contribution < 1.29 is 4.79 Å². The summed E-state index contributed by atoms with van der Waals surface area (Å²) in [5, 5.41) is 2.12. The summed E-state index contributed by atoms with van der Waals surface area (Å²) in [6.45, 7) is 3.69. The molecule has 5 heteroatoms. The van der Waals surface area contributed by atoms with E-state index in [-0.39, 0.29) is 5.91 Å². The zero-order chi connectivity index (χ0) is 14.9. The lowest BCUT2D eigenvalue weighted by atomic mass is 10.1. The van der Waals surface area contributed by atoms with Crippen LogP contribution in [0.25, 0.3) is 0 Å². The van der Waals surface area contributed by atoms with E-state index in [0.29, 0.717) is 5.56 Å². The molecule has 0 atom stereocenters. The molecule has 1 amide bonds. The molecule has 2 aromatic heterocycles. The fraction of sp³-hybridized carbons (Fsp3) is 0.412. The van der Waals surface area contributed by atoms with Crippen LogP contribution in [0, 0.1) is 0 Å². The molecule has 1 fully saturated rings. The van der Waals surface area contributed by atoms with Gasteiger partial charge in [-0.3, -0.25) is 4.79 Å². The van der Waals surface area contributed by atoms with Gasteiger partial charge in [-0.1, -0.05) is 0 Å². The van der Waals surface area contributed by atoms with Crippen LogP contribution in [0.2, 0.25) is 0 Å². The lowest BCUT2D eigenvalue weighted by Gasteiger charge is -2.27. The first-order valence-corrected chi connectivity index (χ1v) is 8.75. The standard InChI is InChI=1S/C17H19N3OS/c21-17(20-9-5-15-14(12-20)6-10-22-15)13-3-4-16(18-11-13)19-7-1-2-8-19/h3-4,6,10-11H,1-2,5,7-9,12H2. The number of aromatic nitrogens is 1. The lowest BCUT2D eigenvalue weighted by Crippen LogP contribution is -2.35. The third-order valence-electron chi connectivity index (χ3n) is 4.52. The smallest absolute Gasteiger partial charge is 0.255 e. The van der Waals surface area contributed by atoms with E-state index in [0.717, 1.165) is 38.4 Å². The van der Waals surface area contributed by atoms with Gasteiger partial charge in [0.25, 0.3) is 5.91 Å². The number of hydrogen-bond acceptors (Lipinski definition) is 4. The van der Waals surface area contributed by atoms with Crippen molar-refractivity contribution in [3.63, 3.8) is 0 Å². The van der Waals surface area contributed by atoms with Gasteiger partial charge in [0.2, 0.25) is 0 Å². The summed E-state index contributed by atoms with van der Waals surface area (Å²) < 4.78 is 0. The molecule has 1 saturated heterocycles. The van der Waals surface area contributed by atoms with Gasteiger partial charge in [-0.25, -0.2) is 4.98 Å². The average molecular weight is 313 g/mol. The number of amides is 1. The van der Waals surface area contributed by atoms with Crippen LogP contribution in [0.5, 0.6) is 0 Å². The minimum atomic E-state index is 0.0947. The van der Waals surface area contributed by atoms with Crippen molar-refractivity contribution in [1.82, 2.24) is 9.88 Å². The second kappa shape index (κ2) is 5.72. The molecule has 2 aliphatic rings. The highest BCUT2D eigenvalue weighted by Gasteiger charge is 2.23. The van der Waals surface area contributed by atoms with Gasteiger partial charge in [0, 0.05) is 37.3 Å². The lowest BCUT2D eigenvalue weighted by molar-refractivity contribution is 0.0735. The van der Waals surface area contributed by atoms with Crippen molar-refractivity contribution in [2.75, 3.05) is 24.5 Å². The zero-order valence-corrected chi connectivity index (χ0v) is 13.3. The summed E-state index contributed by atoms with van der Waals surface area (Å²) in [4.78, 5) is 22.8. The van der Waals surface area contributed by atoms with Crippen LogP contribution in [-0.4, -0.2) is 35.4 Å². The Hall–Kier alpha value is -1.88. The van der Waals surface area contributed by atoms with Crippen molar-refractivity contribution in [3.8, 4) is 0 Å². The maximum absolute atomic E-state index is 12.6. The highest BCUT2D eigenvalue weighted by molar-refractivity contribution is 7.10.